The first kappa shape index (κ1) is 12.8. The molecule has 1 aliphatic rings. The normalized spacial score (nSPS) is 18.4. The van der Waals surface area contributed by atoms with Crippen molar-refractivity contribution in [3.63, 3.8) is 0 Å². The predicted octanol–water partition coefficient (Wildman–Crippen LogP) is 1.45. The van der Waals surface area contributed by atoms with E-state index in [4.69, 9.17) is 10.9 Å². The number of nitrogens with zero attached hydrogens (tertiary/aromatic N) is 2. The summed E-state index contributed by atoms with van der Waals surface area (Å²) in [4.78, 5) is 4.06. The van der Waals surface area contributed by atoms with Crippen LogP contribution in [0.3, 0.4) is 0 Å². The predicted molar refractivity (Wildman–Crippen MR) is 70.4 cm³/mol. The van der Waals surface area contributed by atoms with E-state index in [2.05, 4.69) is 22.4 Å². The van der Waals surface area contributed by atoms with Crippen LogP contribution in [-0.2, 0) is 6.54 Å². The minimum absolute atomic E-state index is 0.0453. The number of oxime groups is 1. The first-order chi connectivity index (χ1) is 8.70. The lowest BCUT2D eigenvalue weighted by molar-refractivity contribution is 0.240. The second kappa shape index (κ2) is 5.82. The Morgan fingerprint density at radius 3 is 3.06 bits per heavy atom. The van der Waals surface area contributed by atoms with Gasteiger partial charge < -0.3 is 16.3 Å². The summed E-state index contributed by atoms with van der Waals surface area (Å²) < 4.78 is 0. The lowest BCUT2D eigenvalue weighted by Gasteiger charge is -2.32. The van der Waals surface area contributed by atoms with Gasteiger partial charge in [-0.3, -0.25) is 4.98 Å². The SMILES string of the molecule is CC(NCc1ccnc(/C(N)=N/O)c1)C1CCC1. The molecule has 1 unspecified atom stereocenters. The van der Waals surface area contributed by atoms with Crippen LogP contribution in [0.25, 0.3) is 0 Å². The third-order valence-electron chi connectivity index (χ3n) is 3.68. The van der Waals surface area contributed by atoms with Crippen molar-refractivity contribution in [1.29, 1.82) is 0 Å². The number of hydrogen-bond donors (Lipinski definition) is 3. The van der Waals surface area contributed by atoms with Gasteiger partial charge in [0.2, 0.25) is 0 Å². The molecule has 1 aromatic heterocycles. The van der Waals surface area contributed by atoms with Crippen LogP contribution in [0, 0.1) is 5.92 Å². The summed E-state index contributed by atoms with van der Waals surface area (Å²) >= 11 is 0. The molecule has 1 aromatic rings. The quantitative estimate of drug-likeness (QED) is 0.319. The van der Waals surface area contributed by atoms with Crippen molar-refractivity contribution in [3.8, 4) is 0 Å². The van der Waals surface area contributed by atoms with Crippen molar-refractivity contribution >= 4 is 5.84 Å². The maximum Gasteiger partial charge on any atom is 0.188 e. The smallest absolute Gasteiger partial charge is 0.188 e. The molecule has 0 aliphatic heterocycles. The molecule has 98 valence electrons. The van der Waals surface area contributed by atoms with Crippen LogP contribution >= 0.6 is 0 Å². The topological polar surface area (TPSA) is 83.5 Å². The summed E-state index contributed by atoms with van der Waals surface area (Å²) in [5.74, 6) is 0.860. The van der Waals surface area contributed by atoms with Crippen molar-refractivity contribution in [3.05, 3.63) is 29.6 Å². The van der Waals surface area contributed by atoms with E-state index in [1.54, 1.807) is 6.20 Å². The molecule has 1 fully saturated rings. The van der Waals surface area contributed by atoms with Crippen LogP contribution in [-0.4, -0.2) is 22.1 Å². The Morgan fingerprint density at radius 2 is 2.44 bits per heavy atom. The Morgan fingerprint density at radius 1 is 1.67 bits per heavy atom. The summed E-state index contributed by atoms with van der Waals surface area (Å²) in [5.41, 5.74) is 7.12. The lowest BCUT2D eigenvalue weighted by Crippen LogP contribution is -2.36. The molecule has 1 heterocycles. The van der Waals surface area contributed by atoms with Gasteiger partial charge in [-0.2, -0.15) is 0 Å². The highest BCUT2D eigenvalue weighted by Crippen LogP contribution is 2.29. The Balaban J connectivity index is 1.92. The summed E-state index contributed by atoms with van der Waals surface area (Å²) in [6.45, 7) is 3.02. The van der Waals surface area contributed by atoms with Gasteiger partial charge in [0.25, 0.3) is 0 Å². The molecule has 0 amide bonds. The summed E-state index contributed by atoms with van der Waals surface area (Å²) in [6.07, 6.45) is 5.71. The Hall–Kier alpha value is -1.62. The number of aromatic nitrogens is 1. The Kier molecular flexibility index (Phi) is 4.15. The first-order valence-electron chi connectivity index (χ1n) is 6.37. The van der Waals surface area contributed by atoms with Gasteiger partial charge in [-0.05, 0) is 43.4 Å². The lowest BCUT2D eigenvalue weighted by atomic mass is 9.80. The van der Waals surface area contributed by atoms with E-state index in [-0.39, 0.29) is 5.84 Å². The van der Waals surface area contributed by atoms with Gasteiger partial charge in [0.15, 0.2) is 5.84 Å². The molecular formula is C13H20N4O. The molecule has 0 spiro atoms. The fourth-order valence-corrected chi connectivity index (χ4v) is 2.16. The molecule has 2 rings (SSSR count). The Labute approximate surface area is 107 Å². The zero-order valence-corrected chi connectivity index (χ0v) is 10.6. The number of hydrogen-bond acceptors (Lipinski definition) is 4. The van der Waals surface area contributed by atoms with Gasteiger partial charge in [0.05, 0.1) is 0 Å². The van der Waals surface area contributed by atoms with Gasteiger partial charge >= 0.3 is 0 Å². The fraction of sp³-hybridized carbons (Fsp3) is 0.538. The zero-order valence-electron chi connectivity index (χ0n) is 10.6. The van der Waals surface area contributed by atoms with Crippen molar-refractivity contribution in [2.75, 3.05) is 0 Å². The Bertz CT molecular complexity index is 429. The molecule has 0 aromatic carbocycles. The molecule has 0 radical (unpaired) electrons. The molecule has 0 saturated heterocycles. The largest absolute Gasteiger partial charge is 0.409 e. The minimum Gasteiger partial charge on any atom is -0.409 e. The van der Waals surface area contributed by atoms with Crippen LogP contribution in [0.5, 0.6) is 0 Å². The number of amidine groups is 1. The van der Waals surface area contributed by atoms with E-state index >= 15 is 0 Å². The van der Waals surface area contributed by atoms with Crippen LogP contribution in [0.4, 0.5) is 0 Å². The molecular weight excluding hydrogens is 228 g/mol. The third-order valence-corrected chi connectivity index (χ3v) is 3.68. The van der Waals surface area contributed by atoms with Crippen molar-refractivity contribution in [2.45, 2.75) is 38.8 Å². The van der Waals surface area contributed by atoms with E-state index in [1.807, 2.05) is 12.1 Å². The molecule has 5 nitrogen and oxygen atoms in total. The molecule has 1 aliphatic carbocycles. The number of pyridine rings is 1. The monoisotopic (exact) mass is 248 g/mol. The van der Waals surface area contributed by atoms with Crippen LogP contribution in [0.15, 0.2) is 23.5 Å². The van der Waals surface area contributed by atoms with Crippen LogP contribution < -0.4 is 11.1 Å². The third kappa shape index (κ3) is 2.98. The van der Waals surface area contributed by atoms with Gasteiger partial charge in [-0.25, -0.2) is 0 Å². The molecule has 1 saturated carbocycles. The average molecular weight is 248 g/mol. The highest BCUT2D eigenvalue weighted by molar-refractivity contribution is 5.95. The summed E-state index contributed by atoms with van der Waals surface area (Å²) in [7, 11) is 0. The number of rotatable bonds is 5. The van der Waals surface area contributed by atoms with Gasteiger partial charge in [0, 0.05) is 18.8 Å². The standard InChI is InChI=1S/C13H20N4O/c1-9(11-3-2-4-11)16-8-10-5-6-15-12(7-10)13(14)17-18/h5-7,9,11,16,18H,2-4,8H2,1H3,(H2,14,17). The van der Waals surface area contributed by atoms with E-state index in [9.17, 15) is 0 Å². The van der Waals surface area contributed by atoms with E-state index in [0.29, 0.717) is 11.7 Å². The second-order valence-corrected chi connectivity index (χ2v) is 4.90. The van der Waals surface area contributed by atoms with Crippen molar-refractivity contribution in [2.24, 2.45) is 16.8 Å². The highest BCUT2D eigenvalue weighted by atomic mass is 16.4. The number of nitrogens with two attached hydrogens (primary N) is 1. The van der Waals surface area contributed by atoms with Gasteiger partial charge in [0.1, 0.15) is 5.69 Å². The fourth-order valence-electron chi connectivity index (χ4n) is 2.16. The molecule has 18 heavy (non-hydrogen) atoms. The van der Waals surface area contributed by atoms with Crippen molar-refractivity contribution in [1.82, 2.24) is 10.3 Å². The number of nitrogens with one attached hydrogen (secondary N) is 1. The molecule has 1 atom stereocenters. The van der Waals surface area contributed by atoms with E-state index < -0.39 is 0 Å². The molecule has 0 bridgehead atoms. The average Bonchev–Trinajstić information content (AvgIpc) is 2.33. The van der Waals surface area contributed by atoms with Gasteiger partial charge in [-0.15, -0.1) is 0 Å². The van der Waals surface area contributed by atoms with E-state index in [1.165, 1.54) is 19.3 Å². The summed E-state index contributed by atoms with van der Waals surface area (Å²) in [5, 5.41) is 15.1. The van der Waals surface area contributed by atoms with E-state index in [0.717, 1.165) is 18.0 Å². The van der Waals surface area contributed by atoms with Crippen LogP contribution in [0.1, 0.15) is 37.4 Å². The first-order valence-corrected chi connectivity index (χ1v) is 6.37. The zero-order chi connectivity index (χ0) is 13.0. The summed E-state index contributed by atoms with van der Waals surface area (Å²) in [6, 6.07) is 4.32. The maximum atomic E-state index is 8.62. The maximum absolute atomic E-state index is 8.62. The van der Waals surface area contributed by atoms with Gasteiger partial charge in [-0.1, -0.05) is 11.6 Å². The molecule has 5 heteroatoms. The minimum atomic E-state index is 0.0453. The van der Waals surface area contributed by atoms with Crippen molar-refractivity contribution < 1.29 is 5.21 Å². The second-order valence-electron chi connectivity index (χ2n) is 4.90. The molecule has 4 N–H and O–H groups in total. The highest BCUT2D eigenvalue weighted by Gasteiger charge is 2.23. The van der Waals surface area contributed by atoms with Crippen LogP contribution in [0.2, 0.25) is 0 Å².